The fraction of sp³-hybridized carbons (Fsp3) is 0.290. The molecule has 2 N–H and O–H groups in total. The number of carbonyl (C=O) groups excluding carboxylic acids is 4. The van der Waals surface area contributed by atoms with E-state index in [1.54, 1.807) is 45.0 Å². The van der Waals surface area contributed by atoms with E-state index < -0.39 is 17.8 Å². The number of rotatable bonds is 14. The number of hydrogen-bond acceptors (Lipinski definition) is 11. The molecule has 0 saturated carbocycles. The van der Waals surface area contributed by atoms with Crippen molar-refractivity contribution in [3.8, 4) is 5.75 Å². The molecule has 0 spiro atoms. The predicted molar refractivity (Wildman–Crippen MR) is 170 cm³/mol. The number of hydrogen-bond donors (Lipinski definition) is 2. The van der Waals surface area contributed by atoms with Crippen LogP contribution in [0.1, 0.15) is 61.2 Å². The summed E-state index contributed by atoms with van der Waals surface area (Å²) in [7, 11) is 1.53. The third-order valence-corrected chi connectivity index (χ3v) is 8.54. The van der Waals surface area contributed by atoms with Gasteiger partial charge in [0.25, 0.3) is 5.91 Å². The second kappa shape index (κ2) is 15.9. The molecule has 0 aliphatic heterocycles. The number of nitrogens with zero attached hydrogens (tertiary/aromatic N) is 3. The summed E-state index contributed by atoms with van der Waals surface area (Å²) in [5.41, 5.74) is 1.91. The number of anilines is 1. The smallest absolute Gasteiger partial charge is 0.348 e. The van der Waals surface area contributed by atoms with Crippen LogP contribution in [0.3, 0.4) is 0 Å². The first-order valence-corrected chi connectivity index (χ1v) is 15.8. The van der Waals surface area contributed by atoms with Gasteiger partial charge in [0, 0.05) is 5.56 Å². The summed E-state index contributed by atoms with van der Waals surface area (Å²) in [4.78, 5) is 51.3. The zero-order valence-corrected chi connectivity index (χ0v) is 26.9. The molecule has 2 heterocycles. The Kier molecular flexibility index (Phi) is 11.7. The lowest BCUT2D eigenvalue weighted by molar-refractivity contribution is -0.113. The average Bonchev–Trinajstić information content (AvgIpc) is 3.58. The number of thiophene rings is 1. The monoisotopic (exact) mass is 651 g/mol. The van der Waals surface area contributed by atoms with E-state index in [0.29, 0.717) is 34.4 Å². The highest BCUT2D eigenvalue weighted by Crippen LogP contribution is 2.34. The minimum atomic E-state index is -0.645. The van der Waals surface area contributed by atoms with Crippen LogP contribution in [-0.2, 0) is 27.4 Å². The van der Waals surface area contributed by atoms with E-state index in [4.69, 9.17) is 14.2 Å². The van der Waals surface area contributed by atoms with Crippen molar-refractivity contribution < 1.29 is 33.4 Å². The van der Waals surface area contributed by atoms with E-state index in [-0.39, 0.29) is 46.9 Å². The molecule has 4 aromatic rings. The summed E-state index contributed by atoms with van der Waals surface area (Å²) in [6.07, 6.45) is 0. The van der Waals surface area contributed by atoms with Crippen molar-refractivity contribution >= 4 is 51.9 Å². The largest absolute Gasteiger partial charge is 0.497 e. The van der Waals surface area contributed by atoms with Gasteiger partial charge in [-0.15, -0.1) is 21.5 Å². The molecular formula is C31H33N5O7S2. The van der Waals surface area contributed by atoms with E-state index >= 15 is 0 Å². The van der Waals surface area contributed by atoms with Gasteiger partial charge in [0.1, 0.15) is 15.6 Å². The maximum Gasteiger partial charge on any atom is 0.348 e. The SMILES string of the molecule is CCOC(=O)c1sc(NC(=O)CSc2nnc(CNC(=O)c3cccc(OC)c3)n2Cc2ccccc2)c(C(=O)OCC)c1C. The van der Waals surface area contributed by atoms with Crippen LogP contribution in [0.5, 0.6) is 5.75 Å². The van der Waals surface area contributed by atoms with Crippen molar-refractivity contribution in [3.05, 3.63) is 87.6 Å². The zero-order valence-electron chi connectivity index (χ0n) is 25.2. The Morgan fingerprint density at radius 2 is 1.69 bits per heavy atom. The molecule has 12 nitrogen and oxygen atoms in total. The van der Waals surface area contributed by atoms with Gasteiger partial charge in [-0.1, -0.05) is 48.2 Å². The topological polar surface area (TPSA) is 151 Å². The lowest BCUT2D eigenvalue weighted by Crippen LogP contribution is -2.25. The van der Waals surface area contributed by atoms with Crippen molar-refractivity contribution in [3.63, 3.8) is 0 Å². The van der Waals surface area contributed by atoms with Gasteiger partial charge in [0.15, 0.2) is 11.0 Å². The van der Waals surface area contributed by atoms with Crippen molar-refractivity contribution in [2.75, 3.05) is 31.4 Å². The van der Waals surface area contributed by atoms with Gasteiger partial charge >= 0.3 is 11.9 Å². The average molecular weight is 652 g/mol. The third-order valence-electron chi connectivity index (χ3n) is 6.39. The highest BCUT2D eigenvalue weighted by atomic mass is 32.2. The van der Waals surface area contributed by atoms with E-state index in [1.165, 1.54) is 7.11 Å². The highest BCUT2D eigenvalue weighted by Gasteiger charge is 2.27. The molecule has 0 fully saturated rings. The van der Waals surface area contributed by atoms with Gasteiger partial charge in [0.2, 0.25) is 5.91 Å². The molecule has 14 heteroatoms. The maximum atomic E-state index is 13.1. The Morgan fingerprint density at radius 3 is 2.40 bits per heavy atom. The van der Waals surface area contributed by atoms with Crippen LogP contribution in [-0.4, -0.2) is 64.6 Å². The van der Waals surface area contributed by atoms with Gasteiger partial charge in [-0.25, -0.2) is 9.59 Å². The second-order valence-electron chi connectivity index (χ2n) is 9.42. The first-order valence-electron chi connectivity index (χ1n) is 14.0. The number of carbonyl (C=O) groups is 4. The number of ether oxygens (including phenoxy) is 3. The van der Waals surface area contributed by atoms with Crippen molar-refractivity contribution in [2.24, 2.45) is 0 Å². The van der Waals surface area contributed by atoms with Crippen LogP contribution in [0.4, 0.5) is 5.00 Å². The lowest BCUT2D eigenvalue weighted by atomic mass is 10.1. The number of esters is 2. The minimum absolute atomic E-state index is 0.0724. The van der Waals surface area contributed by atoms with Crippen molar-refractivity contribution in [1.82, 2.24) is 20.1 Å². The molecule has 2 aromatic carbocycles. The van der Waals surface area contributed by atoms with Crippen LogP contribution in [0, 0.1) is 6.92 Å². The van der Waals surface area contributed by atoms with E-state index in [1.807, 2.05) is 34.9 Å². The predicted octanol–water partition coefficient (Wildman–Crippen LogP) is 4.72. The standard InChI is InChI=1S/C31H33N5O7S2/c1-5-42-29(39)25-19(3)26(30(40)43-6-2)45-28(25)33-24(37)18-44-31-35-34-23(36(31)17-20-11-8-7-9-12-20)16-32-27(38)21-13-10-14-22(15-21)41-4/h7-15H,5-6,16-18H2,1-4H3,(H,32,38)(H,33,37). The molecular weight excluding hydrogens is 619 g/mol. The fourth-order valence-corrected chi connectivity index (χ4v) is 6.10. The van der Waals surface area contributed by atoms with Crippen LogP contribution in [0.2, 0.25) is 0 Å². The molecule has 0 radical (unpaired) electrons. The maximum absolute atomic E-state index is 13.1. The summed E-state index contributed by atoms with van der Waals surface area (Å²) in [6.45, 7) is 5.76. The summed E-state index contributed by atoms with van der Waals surface area (Å²) in [5.74, 6) is -0.969. The Balaban J connectivity index is 1.51. The Morgan fingerprint density at radius 1 is 0.956 bits per heavy atom. The molecule has 4 rings (SSSR count). The highest BCUT2D eigenvalue weighted by molar-refractivity contribution is 7.99. The molecule has 0 saturated heterocycles. The Labute approximate surface area is 268 Å². The number of benzene rings is 2. The first-order chi connectivity index (χ1) is 21.7. The van der Waals surface area contributed by atoms with Crippen LogP contribution in [0.25, 0.3) is 0 Å². The third kappa shape index (κ3) is 8.48. The molecule has 0 unspecified atom stereocenters. The second-order valence-corrected chi connectivity index (χ2v) is 11.4. The molecule has 0 aliphatic carbocycles. The van der Waals surface area contributed by atoms with Crippen LogP contribution >= 0.6 is 23.1 Å². The minimum Gasteiger partial charge on any atom is -0.497 e. The van der Waals surface area contributed by atoms with Gasteiger partial charge < -0.3 is 29.4 Å². The normalized spacial score (nSPS) is 10.7. The molecule has 2 aromatic heterocycles. The van der Waals surface area contributed by atoms with Gasteiger partial charge in [-0.05, 0) is 50.1 Å². The van der Waals surface area contributed by atoms with E-state index in [2.05, 4.69) is 20.8 Å². The Hall–Kier alpha value is -4.69. The first kappa shape index (κ1) is 33.2. The van der Waals surface area contributed by atoms with Gasteiger partial charge in [-0.3, -0.25) is 9.59 Å². The van der Waals surface area contributed by atoms with E-state index in [9.17, 15) is 19.2 Å². The summed E-state index contributed by atoms with van der Waals surface area (Å²) in [6, 6.07) is 16.5. The molecule has 45 heavy (non-hydrogen) atoms. The van der Waals surface area contributed by atoms with Gasteiger partial charge in [0.05, 0.1) is 44.7 Å². The van der Waals surface area contributed by atoms with Gasteiger partial charge in [-0.2, -0.15) is 0 Å². The summed E-state index contributed by atoms with van der Waals surface area (Å²) >= 11 is 2.10. The molecule has 0 atom stereocenters. The molecule has 0 bridgehead atoms. The van der Waals surface area contributed by atoms with Crippen molar-refractivity contribution in [1.29, 1.82) is 0 Å². The summed E-state index contributed by atoms with van der Waals surface area (Å²) in [5, 5.41) is 14.9. The summed E-state index contributed by atoms with van der Waals surface area (Å²) < 4.78 is 17.3. The number of nitrogens with one attached hydrogen (secondary N) is 2. The van der Waals surface area contributed by atoms with Crippen molar-refractivity contribution in [2.45, 2.75) is 39.0 Å². The number of thioether (sulfide) groups is 1. The Bertz CT molecular complexity index is 1670. The fourth-order valence-electron chi connectivity index (χ4n) is 4.24. The number of methoxy groups -OCH3 is 1. The quantitative estimate of drug-likeness (QED) is 0.145. The molecule has 0 aliphatic rings. The number of aromatic nitrogens is 3. The van der Waals surface area contributed by atoms with Crippen LogP contribution in [0.15, 0.2) is 59.8 Å². The molecule has 236 valence electrons. The van der Waals surface area contributed by atoms with Crippen LogP contribution < -0.4 is 15.4 Å². The zero-order chi connectivity index (χ0) is 32.3. The lowest BCUT2D eigenvalue weighted by Gasteiger charge is -2.12. The molecule has 2 amide bonds. The van der Waals surface area contributed by atoms with E-state index in [0.717, 1.165) is 28.7 Å². The number of amides is 2.